The van der Waals surface area contributed by atoms with E-state index in [1.807, 2.05) is 36.5 Å². The van der Waals surface area contributed by atoms with Gasteiger partial charge in [-0.15, -0.1) is 5.10 Å². The predicted octanol–water partition coefficient (Wildman–Crippen LogP) is 3.62. The van der Waals surface area contributed by atoms with Crippen molar-refractivity contribution >= 4 is 5.97 Å². The molecule has 0 radical (unpaired) electrons. The Labute approximate surface area is 142 Å². The molecule has 0 bridgehead atoms. The summed E-state index contributed by atoms with van der Waals surface area (Å²) in [5.41, 5.74) is 2.48. The van der Waals surface area contributed by atoms with Crippen molar-refractivity contribution in [2.75, 3.05) is 7.11 Å². The minimum atomic E-state index is -0.280. The third kappa shape index (κ3) is 4.10. The molecule has 0 unspecified atom stereocenters. The fourth-order valence-corrected chi connectivity index (χ4v) is 3.19. The summed E-state index contributed by atoms with van der Waals surface area (Å²) < 4.78 is 6.65. The Bertz CT molecular complexity index is 700. The molecule has 0 saturated heterocycles. The van der Waals surface area contributed by atoms with Gasteiger partial charge in [-0.2, -0.15) is 0 Å². The van der Waals surface area contributed by atoms with Crippen LogP contribution in [0.4, 0.5) is 0 Å². The lowest BCUT2D eigenvalue weighted by molar-refractivity contribution is -0.136. The van der Waals surface area contributed by atoms with Gasteiger partial charge in [-0.3, -0.25) is 0 Å². The molecule has 0 amide bonds. The van der Waals surface area contributed by atoms with Crippen LogP contribution in [-0.2, 0) is 16.1 Å². The molecular formula is C19H23N3O2. The molecule has 1 saturated carbocycles. The summed E-state index contributed by atoms with van der Waals surface area (Å²) in [5.74, 6) is 0.183. The van der Waals surface area contributed by atoms with Crippen LogP contribution in [0.1, 0.15) is 32.1 Å². The lowest BCUT2D eigenvalue weighted by atomic mass is 9.88. The molecule has 24 heavy (non-hydrogen) atoms. The number of allylic oxidation sites excluding steroid dienone is 1. The molecule has 0 N–H and O–H groups in total. The van der Waals surface area contributed by atoms with Gasteiger partial charge in [-0.05, 0) is 18.8 Å². The monoisotopic (exact) mass is 325 g/mol. The minimum absolute atomic E-state index is 0.280. The molecule has 1 heterocycles. The van der Waals surface area contributed by atoms with E-state index in [4.69, 9.17) is 4.74 Å². The van der Waals surface area contributed by atoms with Crippen LogP contribution in [0.3, 0.4) is 0 Å². The smallest absolute Gasteiger partial charge is 0.335 e. The number of nitrogens with zero attached hydrogens (tertiary/aromatic N) is 3. The van der Waals surface area contributed by atoms with Crippen molar-refractivity contribution in [1.82, 2.24) is 15.0 Å². The Morgan fingerprint density at radius 2 is 2.00 bits per heavy atom. The van der Waals surface area contributed by atoms with Gasteiger partial charge >= 0.3 is 5.97 Å². The number of carbonyl (C=O) groups excluding carboxylic acids is 1. The van der Waals surface area contributed by atoms with Crippen LogP contribution < -0.4 is 0 Å². The van der Waals surface area contributed by atoms with Gasteiger partial charge in [-0.25, -0.2) is 9.48 Å². The van der Waals surface area contributed by atoms with Gasteiger partial charge in [0, 0.05) is 5.56 Å². The number of benzene rings is 1. The van der Waals surface area contributed by atoms with Crippen LogP contribution in [-0.4, -0.2) is 28.1 Å². The molecule has 1 aliphatic rings. The number of rotatable bonds is 5. The molecule has 0 atom stereocenters. The zero-order valence-corrected chi connectivity index (χ0v) is 14.0. The number of methoxy groups -OCH3 is 1. The molecule has 126 valence electrons. The van der Waals surface area contributed by atoms with Gasteiger partial charge in [0.2, 0.25) is 0 Å². The Kier molecular flexibility index (Phi) is 5.41. The van der Waals surface area contributed by atoms with Crippen molar-refractivity contribution in [3.05, 3.63) is 48.2 Å². The second kappa shape index (κ2) is 7.90. The van der Waals surface area contributed by atoms with Crippen molar-refractivity contribution in [2.45, 2.75) is 38.6 Å². The molecule has 5 heteroatoms. The Balaban J connectivity index is 1.76. The third-order valence-electron chi connectivity index (χ3n) is 4.47. The zero-order valence-electron chi connectivity index (χ0n) is 14.0. The highest BCUT2D eigenvalue weighted by Crippen LogP contribution is 2.26. The highest BCUT2D eigenvalue weighted by Gasteiger charge is 2.17. The normalized spacial score (nSPS) is 16.1. The Hall–Kier alpha value is -2.43. The highest BCUT2D eigenvalue weighted by molar-refractivity contribution is 5.88. The Morgan fingerprint density at radius 1 is 1.25 bits per heavy atom. The summed E-state index contributed by atoms with van der Waals surface area (Å²) in [6.07, 6.45) is 10.00. The van der Waals surface area contributed by atoms with Gasteiger partial charge in [0.05, 0.1) is 25.4 Å². The minimum Gasteiger partial charge on any atom is -0.466 e. The molecule has 1 aliphatic carbocycles. The van der Waals surface area contributed by atoms with Crippen molar-refractivity contribution in [1.29, 1.82) is 0 Å². The lowest BCUT2D eigenvalue weighted by Gasteiger charge is -2.19. The summed E-state index contributed by atoms with van der Waals surface area (Å²) in [5, 5.41) is 8.37. The van der Waals surface area contributed by atoms with E-state index >= 15 is 0 Å². The van der Waals surface area contributed by atoms with E-state index in [2.05, 4.69) is 16.4 Å². The summed E-state index contributed by atoms with van der Waals surface area (Å²) >= 11 is 0. The number of hydrogen-bond donors (Lipinski definition) is 0. The fraction of sp³-hybridized carbons (Fsp3) is 0.421. The largest absolute Gasteiger partial charge is 0.466 e. The maximum Gasteiger partial charge on any atom is 0.335 e. The van der Waals surface area contributed by atoms with E-state index in [9.17, 15) is 4.79 Å². The third-order valence-corrected chi connectivity index (χ3v) is 4.47. The van der Waals surface area contributed by atoms with Crippen LogP contribution in [0.25, 0.3) is 11.3 Å². The van der Waals surface area contributed by atoms with Gasteiger partial charge in [0.15, 0.2) is 0 Å². The average Bonchev–Trinajstić information content (AvgIpc) is 3.11. The first-order chi connectivity index (χ1) is 11.8. The first kappa shape index (κ1) is 16.4. The lowest BCUT2D eigenvalue weighted by Crippen LogP contribution is -2.15. The zero-order chi connectivity index (χ0) is 16.8. The standard InChI is InChI=1S/C19H23N3O2/c1-24-19(23)17(12-15-8-4-2-5-9-15)13-22-14-18(20-21-22)16-10-6-3-7-11-16/h3,6-7,10-12,14-15H,2,4-5,8-9,13H2,1H3/b17-12+. The highest BCUT2D eigenvalue weighted by atomic mass is 16.5. The average molecular weight is 325 g/mol. The molecule has 0 aliphatic heterocycles. The molecule has 0 spiro atoms. The summed E-state index contributed by atoms with van der Waals surface area (Å²) in [6.45, 7) is 0.392. The predicted molar refractivity (Wildman–Crippen MR) is 92.1 cm³/mol. The van der Waals surface area contributed by atoms with Crippen molar-refractivity contribution in [3.63, 3.8) is 0 Å². The SMILES string of the molecule is COC(=O)/C(=C/C1CCCCC1)Cn1cc(-c2ccccc2)nn1. The van der Waals surface area contributed by atoms with Crippen LogP contribution >= 0.6 is 0 Å². The van der Waals surface area contributed by atoms with E-state index in [0.717, 1.165) is 24.1 Å². The number of carbonyl (C=O) groups is 1. The Morgan fingerprint density at radius 3 is 2.71 bits per heavy atom. The second-order valence-electron chi connectivity index (χ2n) is 6.25. The first-order valence-electron chi connectivity index (χ1n) is 8.51. The van der Waals surface area contributed by atoms with Gasteiger partial charge in [0.1, 0.15) is 5.69 Å². The molecule has 1 aromatic carbocycles. The quantitative estimate of drug-likeness (QED) is 0.622. The first-order valence-corrected chi connectivity index (χ1v) is 8.51. The maximum absolute atomic E-state index is 12.1. The van der Waals surface area contributed by atoms with Gasteiger partial charge in [0.25, 0.3) is 0 Å². The van der Waals surface area contributed by atoms with E-state index in [1.54, 1.807) is 4.68 Å². The maximum atomic E-state index is 12.1. The summed E-state index contributed by atoms with van der Waals surface area (Å²) in [7, 11) is 1.42. The van der Waals surface area contributed by atoms with Crippen molar-refractivity contribution in [3.8, 4) is 11.3 Å². The molecule has 1 fully saturated rings. The number of esters is 1. The summed E-state index contributed by atoms with van der Waals surface area (Å²) in [4.78, 5) is 12.1. The van der Waals surface area contributed by atoms with Crippen molar-refractivity contribution < 1.29 is 9.53 Å². The topological polar surface area (TPSA) is 57.0 Å². The molecule has 2 aromatic rings. The van der Waals surface area contributed by atoms with E-state index in [0.29, 0.717) is 18.0 Å². The number of aromatic nitrogens is 3. The fourth-order valence-electron chi connectivity index (χ4n) is 3.19. The van der Waals surface area contributed by atoms with Gasteiger partial charge < -0.3 is 4.74 Å². The number of hydrogen-bond acceptors (Lipinski definition) is 4. The number of ether oxygens (including phenoxy) is 1. The summed E-state index contributed by atoms with van der Waals surface area (Å²) in [6, 6.07) is 9.89. The van der Waals surface area contributed by atoms with Crippen LogP contribution in [0.2, 0.25) is 0 Å². The second-order valence-corrected chi connectivity index (χ2v) is 6.25. The van der Waals surface area contributed by atoms with Crippen LogP contribution in [0.5, 0.6) is 0 Å². The van der Waals surface area contributed by atoms with Crippen LogP contribution in [0, 0.1) is 5.92 Å². The molecule has 5 nitrogen and oxygen atoms in total. The van der Waals surface area contributed by atoms with Crippen LogP contribution in [0.15, 0.2) is 48.2 Å². The van der Waals surface area contributed by atoms with E-state index in [-0.39, 0.29) is 5.97 Å². The van der Waals surface area contributed by atoms with E-state index < -0.39 is 0 Å². The van der Waals surface area contributed by atoms with Gasteiger partial charge in [-0.1, -0.05) is 60.9 Å². The van der Waals surface area contributed by atoms with E-state index in [1.165, 1.54) is 26.4 Å². The van der Waals surface area contributed by atoms with Crippen molar-refractivity contribution in [2.24, 2.45) is 5.92 Å². The molecule has 3 rings (SSSR count). The molecule has 1 aromatic heterocycles. The molecular weight excluding hydrogens is 302 g/mol.